The predicted octanol–water partition coefficient (Wildman–Crippen LogP) is -0.447. The van der Waals surface area contributed by atoms with Crippen LogP contribution in [0.4, 0.5) is 0 Å². The lowest BCUT2D eigenvalue weighted by Gasteiger charge is -1.81. The van der Waals surface area contributed by atoms with E-state index in [2.05, 4.69) is 25.6 Å². The second-order valence-electron chi connectivity index (χ2n) is 2.07. The van der Waals surface area contributed by atoms with Gasteiger partial charge in [0, 0.05) is 0 Å². The van der Waals surface area contributed by atoms with E-state index in [4.69, 9.17) is 9.52 Å². The van der Waals surface area contributed by atoms with Crippen molar-refractivity contribution in [2.24, 2.45) is 0 Å². The number of aromatic nitrogens is 5. The van der Waals surface area contributed by atoms with Crippen LogP contribution in [0, 0.1) is 0 Å². The molecule has 8 heteroatoms. The molecule has 2 rings (SSSR count). The van der Waals surface area contributed by atoms with Crippen molar-refractivity contribution in [3.63, 3.8) is 0 Å². The van der Waals surface area contributed by atoms with E-state index in [0.29, 0.717) is 5.69 Å². The van der Waals surface area contributed by atoms with Gasteiger partial charge in [0.2, 0.25) is 0 Å². The van der Waals surface area contributed by atoms with Crippen LogP contribution in [0.5, 0.6) is 0 Å². The average molecular weight is 181 g/mol. The first-order valence-electron chi connectivity index (χ1n) is 3.20. The average Bonchev–Trinajstić information content (AvgIpc) is 2.75. The number of H-pyrrole nitrogens is 1. The summed E-state index contributed by atoms with van der Waals surface area (Å²) in [5.41, 5.74) is 0.306. The maximum absolute atomic E-state index is 10.3. The Labute approximate surface area is 70.6 Å². The number of hydrogen-bond donors (Lipinski definition) is 2. The normalized spacial score (nSPS) is 10.2. The van der Waals surface area contributed by atoms with Gasteiger partial charge < -0.3 is 9.52 Å². The van der Waals surface area contributed by atoms with Crippen LogP contribution >= 0.6 is 0 Å². The molecule has 0 amide bonds. The summed E-state index contributed by atoms with van der Waals surface area (Å²) in [6.07, 6.45) is 1.35. The molecule has 0 saturated carbocycles. The molecule has 13 heavy (non-hydrogen) atoms. The summed E-state index contributed by atoms with van der Waals surface area (Å²) in [5.74, 6) is -1.73. The zero-order valence-electron chi connectivity index (χ0n) is 6.13. The van der Waals surface area contributed by atoms with E-state index in [1.165, 1.54) is 6.20 Å². The third-order valence-corrected chi connectivity index (χ3v) is 1.24. The minimum atomic E-state index is -1.28. The first-order valence-corrected chi connectivity index (χ1v) is 3.20. The van der Waals surface area contributed by atoms with Gasteiger partial charge >= 0.3 is 11.9 Å². The Morgan fingerprint density at radius 1 is 1.54 bits per heavy atom. The fourth-order valence-electron chi connectivity index (χ4n) is 0.718. The summed E-state index contributed by atoms with van der Waals surface area (Å²) in [7, 11) is 0. The molecule has 0 aliphatic carbocycles. The van der Waals surface area contributed by atoms with Gasteiger partial charge in [0.05, 0.1) is 6.20 Å². The number of nitrogens with zero attached hydrogens (tertiary/aromatic N) is 4. The molecule has 0 aliphatic heterocycles. The summed E-state index contributed by atoms with van der Waals surface area (Å²) in [4.78, 5) is 10.3. The van der Waals surface area contributed by atoms with E-state index < -0.39 is 11.9 Å². The Hall–Kier alpha value is -2.25. The molecule has 0 unspecified atom stereocenters. The summed E-state index contributed by atoms with van der Waals surface area (Å²) < 4.78 is 4.75. The summed E-state index contributed by atoms with van der Waals surface area (Å²) >= 11 is 0. The number of hydrogen-bond acceptors (Lipinski definition) is 6. The highest BCUT2D eigenvalue weighted by Gasteiger charge is 2.15. The zero-order chi connectivity index (χ0) is 9.26. The van der Waals surface area contributed by atoms with Crippen molar-refractivity contribution in [1.29, 1.82) is 0 Å². The molecule has 0 bridgehead atoms. The second kappa shape index (κ2) is 2.66. The monoisotopic (exact) mass is 181 g/mol. The SMILES string of the molecule is O=C(O)c1nnc(-c2cn[nH]n2)o1. The van der Waals surface area contributed by atoms with Gasteiger partial charge in [-0.15, -0.1) is 10.2 Å². The van der Waals surface area contributed by atoms with Crippen LogP contribution in [-0.2, 0) is 0 Å². The lowest BCUT2D eigenvalue weighted by atomic mass is 10.5. The Kier molecular flexibility index (Phi) is 1.51. The topological polar surface area (TPSA) is 118 Å². The minimum absolute atomic E-state index is 0.0196. The van der Waals surface area contributed by atoms with E-state index in [0.717, 1.165) is 0 Å². The number of rotatable bonds is 2. The molecular weight excluding hydrogens is 178 g/mol. The first-order chi connectivity index (χ1) is 6.27. The highest BCUT2D eigenvalue weighted by molar-refractivity contribution is 5.82. The lowest BCUT2D eigenvalue weighted by Crippen LogP contribution is -1.95. The lowest BCUT2D eigenvalue weighted by molar-refractivity contribution is 0.0654. The van der Waals surface area contributed by atoms with Crippen molar-refractivity contribution in [2.75, 3.05) is 0 Å². The van der Waals surface area contributed by atoms with Crippen LogP contribution in [0.15, 0.2) is 10.6 Å². The molecule has 0 spiro atoms. The minimum Gasteiger partial charge on any atom is -0.474 e. The largest absolute Gasteiger partial charge is 0.474 e. The van der Waals surface area contributed by atoms with Crippen LogP contribution in [0.1, 0.15) is 10.7 Å². The van der Waals surface area contributed by atoms with Gasteiger partial charge in [0.25, 0.3) is 5.89 Å². The van der Waals surface area contributed by atoms with Gasteiger partial charge in [-0.1, -0.05) is 0 Å². The Morgan fingerprint density at radius 2 is 2.38 bits per heavy atom. The van der Waals surface area contributed by atoms with Crippen molar-refractivity contribution < 1.29 is 14.3 Å². The Bertz CT molecular complexity index is 419. The standard InChI is InChI=1S/C5H3N5O3/c11-5(12)4-9-8-3(13-4)2-1-6-10-7-2/h1H,(H,11,12)(H,6,7,10). The van der Waals surface area contributed by atoms with Crippen molar-refractivity contribution in [3.05, 3.63) is 12.1 Å². The van der Waals surface area contributed by atoms with Gasteiger partial charge in [-0.05, 0) is 0 Å². The van der Waals surface area contributed by atoms with Gasteiger partial charge in [-0.3, -0.25) is 0 Å². The number of carbonyl (C=O) groups is 1. The number of carboxylic acid groups (broad SMARTS) is 1. The zero-order valence-corrected chi connectivity index (χ0v) is 6.13. The fourth-order valence-corrected chi connectivity index (χ4v) is 0.718. The van der Waals surface area contributed by atoms with Crippen molar-refractivity contribution >= 4 is 5.97 Å². The maximum atomic E-state index is 10.3. The fraction of sp³-hybridized carbons (Fsp3) is 0. The Balaban J connectivity index is 2.39. The molecule has 2 heterocycles. The summed E-state index contributed by atoms with van der Waals surface area (Å²) in [6.45, 7) is 0. The van der Waals surface area contributed by atoms with Crippen LogP contribution in [0.3, 0.4) is 0 Å². The molecule has 0 aromatic carbocycles. The Morgan fingerprint density at radius 3 is 2.92 bits per heavy atom. The summed E-state index contributed by atoms with van der Waals surface area (Å²) in [5, 5.41) is 24.7. The van der Waals surface area contributed by atoms with Crippen LogP contribution in [-0.4, -0.2) is 36.7 Å². The van der Waals surface area contributed by atoms with Crippen molar-refractivity contribution in [1.82, 2.24) is 25.6 Å². The van der Waals surface area contributed by atoms with Crippen LogP contribution in [0.2, 0.25) is 0 Å². The van der Waals surface area contributed by atoms with Gasteiger partial charge in [-0.2, -0.15) is 15.4 Å². The van der Waals surface area contributed by atoms with E-state index in [9.17, 15) is 4.79 Å². The predicted molar refractivity (Wildman–Crippen MR) is 36.6 cm³/mol. The van der Waals surface area contributed by atoms with Gasteiger partial charge in [0.15, 0.2) is 5.69 Å². The third-order valence-electron chi connectivity index (χ3n) is 1.24. The number of aromatic amines is 1. The van der Waals surface area contributed by atoms with Crippen molar-refractivity contribution in [3.8, 4) is 11.6 Å². The second-order valence-corrected chi connectivity index (χ2v) is 2.07. The van der Waals surface area contributed by atoms with Gasteiger partial charge in [-0.25, -0.2) is 4.79 Å². The van der Waals surface area contributed by atoms with Crippen LogP contribution in [0.25, 0.3) is 11.6 Å². The summed E-state index contributed by atoms with van der Waals surface area (Å²) in [6, 6.07) is 0. The molecule has 2 aromatic heterocycles. The van der Waals surface area contributed by atoms with Crippen molar-refractivity contribution in [2.45, 2.75) is 0 Å². The molecule has 8 nitrogen and oxygen atoms in total. The molecule has 0 fully saturated rings. The highest BCUT2D eigenvalue weighted by Crippen LogP contribution is 2.12. The molecule has 2 aromatic rings. The van der Waals surface area contributed by atoms with Gasteiger partial charge in [0.1, 0.15) is 0 Å². The van der Waals surface area contributed by atoms with E-state index in [1.807, 2.05) is 0 Å². The van der Waals surface area contributed by atoms with Crippen LogP contribution < -0.4 is 0 Å². The molecule has 0 radical (unpaired) electrons. The molecule has 0 atom stereocenters. The number of aromatic carboxylic acids is 1. The van der Waals surface area contributed by atoms with E-state index >= 15 is 0 Å². The highest BCUT2D eigenvalue weighted by atomic mass is 16.4. The molecule has 0 aliphatic rings. The number of nitrogens with one attached hydrogen (secondary N) is 1. The first kappa shape index (κ1) is 7.40. The molecular formula is C5H3N5O3. The number of carboxylic acids is 1. The van der Waals surface area contributed by atoms with E-state index in [1.54, 1.807) is 0 Å². The third kappa shape index (κ3) is 1.24. The maximum Gasteiger partial charge on any atom is 0.393 e. The molecule has 66 valence electrons. The molecule has 2 N–H and O–H groups in total. The smallest absolute Gasteiger partial charge is 0.393 e. The quantitative estimate of drug-likeness (QED) is 0.644. The van der Waals surface area contributed by atoms with E-state index in [-0.39, 0.29) is 5.89 Å². The molecule has 0 saturated heterocycles.